The van der Waals surface area contributed by atoms with Crippen molar-refractivity contribution in [3.63, 3.8) is 0 Å². The summed E-state index contributed by atoms with van der Waals surface area (Å²) in [6.07, 6.45) is -4.69. The van der Waals surface area contributed by atoms with Gasteiger partial charge in [0.2, 0.25) is 0 Å². The third kappa shape index (κ3) is 3.90. The van der Waals surface area contributed by atoms with Crippen LogP contribution in [-0.2, 0) is 0 Å². The van der Waals surface area contributed by atoms with Gasteiger partial charge in [-0.05, 0) is 12.1 Å². The van der Waals surface area contributed by atoms with Gasteiger partial charge in [0.15, 0.2) is 17.4 Å². The minimum Gasteiger partial charge on any atom is -0.494 e. The number of alkyl halides is 3. The third-order valence-electron chi connectivity index (χ3n) is 2.53. The molecule has 9 heteroatoms. The summed E-state index contributed by atoms with van der Waals surface area (Å²) in [4.78, 5) is 0. The van der Waals surface area contributed by atoms with Crippen LogP contribution in [0.3, 0.4) is 0 Å². The molecule has 1 aromatic carbocycles. The Morgan fingerprint density at radius 1 is 1.50 bits per heavy atom. The molecular formula is C11H13F4N3O2. The number of amidine groups is 1. The Morgan fingerprint density at radius 3 is 2.60 bits per heavy atom. The molecule has 20 heavy (non-hydrogen) atoms. The van der Waals surface area contributed by atoms with Crippen molar-refractivity contribution >= 4 is 11.5 Å². The fourth-order valence-electron chi connectivity index (χ4n) is 1.45. The highest BCUT2D eigenvalue weighted by Gasteiger charge is 2.42. The van der Waals surface area contributed by atoms with E-state index in [0.717, 1.165) is 6.07 Å². The number of hydrogen-bond donors (Lipinski definition) is 3. The molecule has 0 fully saturated rings. The molecule has 0 saturated carbocycles. The molecule has 0 saturated heterocycles. The van der Waals surface area contributed by atoms with Gasteiger partial charge in [0.1, 0.15) is 5.92 Å². The normalized spacial score (nSPS) is 13.9. The average Bonchev–Trinajstić information content (AvgIpc) is 2.37. The Kier molecular flexibility index (Phi) is 5.00. The van der Waals surface area contributed by atoms with Crippen molar-refractivity contribution in [2.24, 2.45) is 16.8 Å². The van der Waals surface area contributed by atoms with Crippen LogP contribution >= 0.6 is 0 Å². The zero-order valence-electron chi connectivity index (χ0n) is 10.4. The van der Waals surface area contributed by atoms with Crippen LogP contribution in [0, 0.1) is 11.7 Å². The number of halogens is 4. The number of nitrogens with two attached hydrogens (primary N) is 1. The Morgan fingerprint density at radius 2 is 2.15 bits per heavy atom. The molecule has 0 spiro atoms. The number of nitrogens with zero attached hydrogens (tertiary/aromatic N) is 1. The zero-order valence-corrected chi connectivity index (χ0v) is 10.4. The first-order valence-corrected chi connectivity index (χ1v) is 5.41. The number of benzene rings is 1. The Labute approximate surface area is 112 Å². The topological polar surface area (TPSA) is 79.9 Å². The zero-order chi connectivity index (χ0) is 15.3. The van der Waals surface area contributed by atoms with E-state index in [4.69, 9.17) is 10.9 Å². The maximum atomic E-state index is 13.4. The lowest BCUT2D eigenvalue weighted by Gasteiger charge is -2.20. The van der Waals surface area contributed by atoms with Crippen LogP contribution in [0.25, 0.3) is 0 Å². The van der Waals surface area contributed by atoms with Crippen LogP contribution in [0.5, 0.6) is 5.75 Å². The van der Waals surface area contributed by atoms with Crippen molar-refractivity contribution < 1.29 is 27.5 Å². The summed E-state index contributed by atoms with van der Waals surface area (Å²) in [6, 6.07) is 3.60. The molecule has 1 unspecified atom stereocenters. The molecule has 0 aliphatic heterocycles. The van der Waals surface area contributed by atoms with Crippen molar-refractivity contribution in [2.45, 2.75) is 6.18 Å². The third-order valence-corrected chi connectivity index (χ3v) is 2.53. The molecule has 112 valence electrons. The summed E-state index contributed by atoms with van der Waals surface area (Å²) in [7, 11) is 1.27. The molecule has 0 aliphatic rings. The van der Waals surface area contributed by atoms with Crippen molar-refractivity contribution in [2.75, 3.05) is 19.0 Å². The van der Waals surface area contributed by atoms with Gasteiger partial charge in [-0.25, -0.2) is 4.39 Å². The first kappa shape index (κ1) is 15.9. The van der Waals surface area contributed by atoms with Gasteiger partial charge >= 0.3 is 6.18 Å². The minimum absolute atomic E-state index is 0.0284. The van der Waals surface area contributed by atoms with E-state index in [1.54, 1.807) is 0 Å². The molecule has 0 heterocycles. The summed E-state index contributed by atoms with van der Waals surface area (Å²) in [6.45, 7) is -0.689. The molecule has 0 amide bonds. The number of rotatable bonds is 5. The number of anilines is 1. The molecule has 1 aromatic rings. The second-order valence-electron chi connectivity index (χ2n) is 3.85. The van der Waals surface area contributed by atoms with Gasteiger partial charge in [0, 0.05) is 18.3 Å². The summed E-state index contributed by atoms with van der Waals surface area (Å²) >= 11 is 0. The van der Waals surface area contributed by atoms with Crippen molar-refractivity contribution in [1.82, 2.24) is 0 Å². The first-order valence-electron chi connectivity index (χ1n) is 5.41. The highest BCUT2D eigenvalue weighted by atomic mass is 19.4. The number of hydrogen-bond acceptors (Lipinski definition) is 4. The van der Waals surface area contributed by atoms with Gasteiger partial charge in [-0.15, -0.1) is 0 Å². The van der Waals surface area contributed by atoms with E-state index < -0.39 is 30.3 Å². The smallest absolute Gasteiger partial charge is 0.400 e. The van der Waals surface area contributed by atoms with Crippen molar-refractivity contribution in [1.29, 1.82) is 0 Å². The quantitative estimate of drug-likeness (QED) is 0.256. The first-order chi connectivity index (χ1) is 9.29. The predicted molar refractivity (Wildman–Crippen MR) is 64.4 cm³/mol. The van der Waals surface area contributed by atoms with E-state index in [2.05, 4.69) is 15.2 Å². The van der Waals surface area contributed by atoms with Gasteiger partial charge in [-0.1, -0.05) is 5.16 Å². The van der Waals surface area contributed by atoms with Crippen LogP contribution in [0.1, 0.15) is 0 Å². The van der Waals surface area contributed by atoms with E-state index in [-0.39, 0.29) is 11.4 Å². The maximum absolute atomic E-state index is 13.4. The summed E-state index contributed by atoms with van der Waals surface area (Å²) in [5.41, 5.74) is 5.10. The average molecular weight is 295 g/mol. The maximum Gasteiger partial charge on any atom is 0.400 e. The van der Waals surface area contributed by atoms with Crippen LogP contribution in [0.2, 0.25) is 0 Å². The molecular weight excluding hydrogens is 282 g/mol. The standard InChI is InChI=1S/C11H13F4N3O2/c1-20-9-3-2-6(4-8(9)12)17-5-7(10(16)18-19)11(13,14)15/h2-4,7,17,19H,5H2,1H3,(H2,16,18). The minimum atomic E-state index is -4.69. The lowest BCUT2D eigenvalue weighted by molar-refractivity contribution is -0.152. The molecule has 5 nitrogen and oxygen atoms in total. The SMILES string of the molecule is COc1ccc(NCC(/C(N)=N/O)C(F)(F)F)cc1F. The van der Waals surface area contributed by atoms with Crippen LogP contribution < -0.4 is 15.8 Å². The van der Waals surface area contributed by atoms with Crippen LogP contribution in [0.15, 0.2) is 23.4 Å². The van der Waals surface area contributed by atoms with Crippen molar-refractivity contribution in [3.05, 3.63) is 24.0 Å². The lowest BCUT2D eigenvalue weighted by atomic mass is 10.1. The molecule has 0 bridgehead atoms. The van der Waals surface area contributed by atoms with Gasteiger partial charge in [-0.3, -0.25) is 0 Å². The largest absolute Gasteiger partial charge is 0.494 e. The number of ether oxygens (including phenoxy) is 1. The summed E-state index contributed by atoms with van der Waals surface area (Å²) in [5.74, 6) is -3.90. The summed E-state index contributed by atoms with van der Waals surface area (Å²) in [5, 5.41) is 13.1. The molecule has 0 radical (unpaired) electrons. The van der Waals surface area contributed by atoms with Crippen LogP contribution in [-0.4, -0.2) is 30.9 Å². The number of nitrogens with one attached hydrogen (secondary N) is 1. The Bertz CT molecular complexity index is 491. The second kappa shape index (κ2) is 6.31. The van der Waals surface area contributed by atoms with E-state index in [0.29, 0.717) is 0 Å². The molecule has 1 rings (SSSR count). The van der Waals surface area contributed by atoms with Crippen molar-refractivity contribution in [3.8, 4) is 5.75 Å². The molecule has 0 aliphatic carbocycles. The molecule has 1 atom stereocenters. The highest BCUT2D eigenvalue weighted by molar-refractivity contribution is 5.83. The highest BCUT2D eigenvalue weighted by Crippen LogP contribution is 2.27. The molecule has 4 N–H and O–H groups in total. The monoisotopic (exact) mass is 295 g/mol. The van der Waals surface area contributed by atoms with E-state index in [9.17, 15) is 17.6 Å². The Hall–Kier alpha value is -2.19. The fraction of sp³-hybridized carbons (Fsp3) is 0.364. The van der Waals surface area contributed by atoms with E-state index in [1.807, 2.05) is 0 Å². The van der Waals surface area contributed by atoms with Gasteiger partial charge in [-0.2, -0.15) is 13.2 Å². The summed E-state index contributed by atoms with van der Waals surface area (Å²) < 4.78 is 56.0. The van der Waals surface area contributed by atoms with Crippen LogP contribution in [0.4, 0.5) is 23.2 Å². The second-order valence-corrected chi connectivity index (χ2v) is 3.85. The lowest BCUT2D eigenvalue weighted by Crippen LogP contribution is -2.40. The van der Waals surface area contributed by atoms with Gasteiger partial charge in [0.25, 0.3) is 0 Å². The molecule has 0 aromatic heterocycles. The van der Waals surface area contributed by atoms with Gasteiger partial charge < -0.3 is 21.0 Å². The van der Waals surface area contributed by atoms with Gasteiger partial charge in [0.05, 0.1) is 7.11 Å². The predicted octanol–water partition coefficient (Wildman–Crippen LogP) is 2.17. The fourth-order valence-corrected chi connectivity index (χ4v) is 1.45. The van der Waals surface area contributed by atoms with E-state index >= 15 is 0 Å². The number of oxime groups is 1. The Balaban J connectivity index is 2.80. The number of methoxy groups -OCH3 is 1. The van der Waals surface area contributed by atoms with E-state index in [1.165, 1.54) is 19.2 Å².